The van der Waals surface area contributed by atoms with Crippen LogP contribution < -0.4 is 10.2 Å². The molecule has 0 bridgehead atoms. The monoisotopic (exact) mass is 379 g/mol. The van der Waals surface area contributed by atoms with Crippen LogP contribution in [0.1, 0.15) is 56.1 Å². The number of rotatable bonds is 4. The lowest BCUT2D eigenvalue weighted by atomic mass is 9.79. The van der Waals surface area contributed by atoms with Crippen molar-refractivity contribution in [2.45, 2.75) is 57.0 Å². The molecule has 0 saturated heterocycles. The number of anilines is 3. The molecule has 1 aliphatic heterocycles. The molecule has 7 nitrogen and oxygen atoms in total. The number of methoxy groups -OCH3 is 1. The summed E-state index contributed by atoms with van der Waals surface area (Å²) < 4.78 is 5.82. The quantitative estimate of drug-likeness (QED) is 0.877. The first kappa shape index (κ1) is 17.6. The lowest BCUT2D eigenvalue weighted by molar-refractivity contribution is -0.114. The fourth-order valence-corrected chi connectivity index (χ4v) is 4.49. The maximum absolute atomic E-state index is 11.5. The summed E-state index contributed by atoms with van der Waals surface area (Å²) in [6.07, 6.45) is 7.31. The first-order valence-corrected chi connectivity index (χ1v) is 9.92. The van der Waals surface area contributed by atoms with E-state index in [0.29, 0.717) is 5.82 Å². The SMILES string of the molecule is COC1(c2nc(C)cc(N3CC4(CC4)c4cnc(NC(C)=O)cc43)n2)CCC1. The van der Waals surface area contributed by atoms with Crippen LogP contribution >= 0.6 is 0 Å². The van der Waals surface area contributed by atoms with Crippen molar-refractivity contribution in [3.63, 3.8) is 0 Å². The number of pyridine rings is 1. The van der Waals surface area contributed by atoms with Gasteiger partial charge in [0.25, 0.3) is 0 Å². The second-order valence-corrected chi connectivity index (χ2v) is 8.38. The summed E-state index contributed by atoms with van der Waals surface area (Å²) in [5, 5.41) is 2.80. The van der Waals surface area contributed by atoms with Crippen LogP contribution in [0, 0.1) is 6.92 Å². The van der Waals surface area contributed by atoms with Gasteiger partial charge in [-0.1, -0.05) is 0 Å². The number of amides is 1. The van der Waals surface area contributed by atoms with Crippen molar-refractivity contribution in [3.8, 4) is 0 Å². The van der Waals surface area contributed by atoms with Crippen molar-refractivity contribution in [1.29, 1.82) is 0 Å². The molecule has 2 saturated carbocycles. The van der Waals surface area contributed by atoms with Gasteiger partial charge in [-0.2, -0.15) is 0 Å². The molecule has 3 heterocycles. The Morgan fingerprint density at radius 1 is 1.21 bits per heavy atom. The highest BCUT2D eigenvalue weighted by atomic mass is 16.5. The molecule has 1 spiro atoms. The highest BCUT2D eigenvalue weighted by Gasteiger charge is 2.53. The van der Waals surface area contributed by atoms with Crippen molar-refractivity contribution >= 4 is 23.2 Å². The largest absolute Gasteiger partial charge is 0.370 e. The number of hydrogen-bond acceptors (Lipinski definition) is 6. The number of nitrogens with one attached hydrogen (secondary N) is 1. The van der Waals surface area contributed by atoms with E-state index < -0.39 is 0 Å². The second-order valence-electron chi connectivity index (χ2n) is 8.38. The molecule has 0 unspecified atom stereocenters. The number of fused-ring (bicyclic) bond motifs is 2. The fourth-order valence-electron chi connectivity index (χ4n) is 4.49. The van der Waals surface area contributed by atoms with Crippen molar-refractivity contribution < 1.29 is 9.53 Å². The van der Waals surface area contributed by atoms with Gasteiger partial charge >= 0.3 is 0 Å². The van der Waals surface area contributed by atoms with Crippen molar-refractivity contribution in [2.75, 3.05) is 23.9 Å². The molecule has 2 aromatic heterocycles. The molecule has 1 amide bonds. The van der Waals surface area contributed by atoms with E-state index in [-0.39, 0.29) is 16.9 Å². The summed E-state index contributed by atoms with van der Waals surface area (Å²) in [5.74, 6) is 2.14. The third-order valence-corrected chi connectivity index (χ3v) is 6.44. The number of carbonyl (C=O) groups excluding carboxylic acids is 1. The first-order chi connectivity index (χ1) is 13.4. The van der Waals surface area contributed by atoms with Gasteiger partial charge in [-0.3, -0.25) is 4.79 Å². The van der Waals surface area contributed by atoms with Gasteiger partial charge in [-0.05, 0) is 39.0 Å². The normalized spacial score (nSPS) is 20.6. The Balaban J connectivity index is 1.58. The minimum Gasteiger partial charge on any atom is -0.370 e. The standard InChI is InChI=1S/C21H25N5O2/c1-13-9-18(25-19(23-13)21(28-3)5-4-6-21)26-12-20(7-8-20)15-11-22-17(10-16(15)26)24-14(2)27/h9-11H,4-8,12H2,1-3H3,(H,22,24,27). The topological polar surface area (TPSA) is 80.2 Å². The zero-order valence-corrected chi connectivity index (χ0v) is 16.6. The van der Waals surface area contributed by atoms with Gasteiger partial charge < -0.3 is 15.0 Å². The average Bonchev–Trinajstić information content (AvgIpc) is 3.31. The molecule has 0 aromatic carbocycles. The minimum absolute atomic E-state index is 0.120. The molecule has 7 heteroatoms. The zero-order chi connectivity index (χ0) is 19.5. The highest BCUT2D eigenvalue weighted by Crippen LogP contribution is 2.58. The molecule has 1 N–H and O–H groups in total. The minimum atomic E-state index is -0.347. The molecule has 28 heavy (non-hydrogen) atoms. The predicted octanol–water partition coefficient (Wildman–Crippen LogP) is 3.35. The molecule has 2 aromatic rings. The summed E-state index contributed by atoms with van der Waals surface area (Å²) in [7, 11) is 1.75. The molecule has 2 fully saturated rings. The van der Waals surface area contributed by atoms with Crippen LogP contribution in [0.25, 0.3) is 0 Å². The van der Waals surface area contributed by atoms with Gasteiger partial charge in [0, 0.05) is 55.6 Å². The van der Waals surface area contributed by atoms with Crippen molar-refractivity contribution in [3.05, 3.63) is 35.4 Å². The van der Waals surface area contributed by atoms with Gasteiger partial charge in [0.05, 0.1) is 5.69 Å². The van der Waals surface area contributed by atoms with Gasteiger partial charge in [0.2, 0.25) is 5.91 Å². The molecule has 2 aliphatic carbocycles. The maximum Gasteiger partial charge on any atom is 0.222 e. The summed E-state index contributed by atoms with van der Waals surface area (Å²) >= 11 is 0. The van der Waals surface area contributed by atoms with Crippen LogP contribution in [0.4, 0.5) is 17.3 Å². The average molecular weight is 379 g/mol. The van der Waals surface area contributed by atoms with Crippen molar-refractivity contribution in [2.24, 2.45) is 0 Å². The molecule has 5 rings (SSSR count). The molecule has 0 atom stereocenters. The maximum atomic E-state index is 11.5. The highest BCUT2D eigenvalue weighted by molar-refractivity contribution is 5.89. The Labute approximate surface area is 164 Å². The number of carbonyl (C=O) groups is 1. The number of hydrogen-bond donors (Lipinski definition) is 1. The van der Waals surface area contributed by atoms with E-state index in [9.17, 15) is 4.79 Å². The van der Waals surface area contributed by atoms with E-state index in [1.54, 1.807) is 7.11 Å². The van der Waals surface area contributed by atoms with Crippen LogP contribution in [-0.2, 0) is 20.5 Å². The van der Waals surface area contributed by atoms with Crippen LogP contribution in [0.2, 0.25) is 0 Å². The number of aromatic nitrogens is 3. The summed E-state index contributed by atoms with van der Waals surface area (Å²) in [6.45, 7) is 4.40. The van der Waals surface area contributed by atoms with Crippen LogP contribution in [0.15, 0.2) is 18.3 Å². The Morgan fingerprint density at radius 3 is 2.61 bits per heavy atom. The zero-order valence-electron chi connectivity index (χ0n) is 16.6. The third kappa shape index (κ3) is 2.60. The first-order valence-electron chi connectivity index (χ1n) is 9.92. The van der Waals surface area contributed by atoms with Crippen LogP contribution in [0.5, 0.6) is 0 Å². The second kappa shape index (κ2) is 5.98. The van der Waals surface area contributed by atoms with E-state index >= 15 is 0 Å². The lowest BCUT2D eigenvalue weighted by Gasteiger charge is -2.39. The Kier molecular flexibility index (Phi) is 3.75. The molecule has 3 aliphatic rings. The smallest absolute Gasteiger partial charge is 0.222 e. The van der Waals surface area contributed by atoms with Gasteiger partial charge in [-0.15, -0.1) is 0 Å². The predicted molar refractivity (Wildman–Crippen MR) is 106 cm³/mol. The van der Waals surface area contributed by atoms with E-state index in [4.69, 9.17) is 14.7 Å². The van der Waals surface area contributed by atoms with Gasteiger partial charge in [0.15, 0.2) is 5.82 Å². The number of aryl methyl sites for hydroxylation is 1. The van der Waals surface area contributed by atoms with E-state index in [1.165, 1.54) is 12.5 Å². The molecule has 0 radical (unpaired) electrons. The van der Waals surface area contributed by atoms with E-state index in [2.05, 4.69) is 15.2 Å². The van der Waals surface area contributed by atoms with Gasteiger partial charge in [0.1, 0.15) is 17.2 Å². The Hall–Kier alpha value is -2.54. The van der Waals surface area contributed by atoms with Crippen LogP contribution in [0.3, 0.4) is 0 Å². The Bertz CT molecular complexity index is 960. The summed E-state index contributed by atoms with van der Waals surface area (Å²) in [6, 6.07) is 4.01. The molecular formula is C21H25N5O2. The molecule has 146 valence electrons. The summed E-state index contributed by atoms with van der Waals surface area (Å²) in [4.78, 5) is 27.8. The van der Waals surface area contributed by atoms with E-state index in [1.807, 2.05) is 25.3 Å². The third-order valence-electron chi connectivity index (χ3n) is 6.44. The van der Waals surface area contributed by atoms with Gasteiger partial charge in [-0.25, -0.2) is 15.0 Å². The lowest BCUT2D eigenvalue weighted by Crippen LogP contribution is -2.38. The number of ether oxygens (including phenoxy) is 1. The summed E-state index contributed by atoms with van der Waals surface area (Å²) in [5.41, 5.74) is 3.11. The van der Waals surface area contributed by atoms with Crippen LogP contribution in [-0.4, -0.2) is 34.5 Å². The van der Waals surface area contributed by atoms with Crippen molar-refractivity contribution in [1.82, 2.24) is 15.0 Å². The van der Waals surface area contributed by atoms with E-state index in [0.717, 1.165) is 61.7 Å². The fraction of sp³-hybridized carbons (Fsp3) is 0.524. The molecular weight excluding hydrogens is 354 g/mol. The Morgan fingerprint density at radius 2 is 2.00 bits per heavy atom. The number of nitrogens with zero attached hydrogens (tertiary/aromatic N) is 4.